The molecule has 2 aromatic carbocycles. The Bertz CT molecular complexity index is 909. The number of fused-ring (bicyclic) bond motifs is 1. The first-order chi connectivity index (χ1) is 12.4. The van der Waals surface area contributed by atoms with Crippen LogP contribution in [0.3, 0.4) is 0 Å². The van der Waals surface area contributed by atoms with Crippen molar-refractivity contribution in [1.82, 2.24) is 14.9 Å². The zero-order valence-electron chi connectivity index (χ0n) is 13.8. The van der Waals surface area contributed by atoms with Crippen LogP contribution in [0.1, 0.15) is 18.7 Å². The Morgan fingerprint density at radius 3 is 2.46 bits per heavy atom. The number of imidazole rings is 1. The molecule has 0 aliphatic heterocycles. The minimum absolute atomic E-state index is 0.293. The van der Waals surface area contributed by atoms with E-state index in [4.69, 9.17) is 34.8 Å². The molecule has 0 fully saturated rings. The number of carbonyl (C=O) groups is 1. The molecule has 0 bridgehead atoms. The van der Waals surface area contributed by atoms with Crippen LogP contribution < -0.4 is 5.32 Å². The number of rotatable bonds is 5. The van der Waals surface area contributed by atoms with E-state index in [-0.39, 0.29) is 5.91 Å². The van der Waals surface area contributed by atoms with E-state index >= 15 is 0 Å². The second-order valence-electron chi connectivity index (χ2n) is 5.67. The lowest BCUT2D eigenvalue weighted by Gasteiger charge is -2.28. The largest absolute Gasteiger partial charge is 0.332 e. The van der Waals surface area contributed by atoms with Crippen molar-refractivity contribution in [2.24, 2.45) is 0 Å². The summed E-state index contributed by atoms with van der Waals surface area (Å²) in [4.78, 5) is 16.4. The molecule has 0 aliphatic rings. The molecule has 0 saturated carbocycles. The van der Waals surface area contributed by atoms with Crippen LogP contribution in [-0.4, -0.2) is 19.3 Å². The summed E-state index contributed by atoms with van der Waals surface area (Å²) in [5, 5.41) is 3.39. The van der Waals surface area contributed by atoms with E-state index in [2.05, 4.69) is 10.3 Å². The van der Waals surface area contributed by atoms with E-state index in [0.717, 1.165) is 16.6 Å². The summed E-state index contributed by atoms with van der Waals surface area (Å²) >= 11 is 20.1. The molecular weight excluding hydrogens is 413 g/mol. The lowest BCUT2D eigenvalue weighted by molar-refractivity contribution is -0.120. The molecule has 26 heavy (non-hydrogen) atoms. The van der Waals surface area contributed by atoms with Crippen molar-refractivity contribution in [2.45, 2.75) is 27.8 Å². The number of halogens is 3. The van der Waals surface area contributed by atoms with Crippen molar-refractivity contribution in [3.8, 4) is 0 Å². The molecule has 3 rings (SSSR count). The molecule has 1 N–H and O–H groups in total. The van der Waals surface area contributed by atoms with Crippen LogP contribution in [0.4, 0.5) is 0 Å². The summed E-state index contributed by atoms with van der Waals surface area (Å²) in [6.45, 7) is 1.39. The monoisotopic (exact) mass is 427 g/mol. The van der Waals surface area contributed by atoms with Gasteiger partial charge in [-0.3, -0.25) is 9.36 Å². The third-order valence-electron chi connectivity index (χ3n) is 3.68. The van der Waals surface area contributed by atoms with E-state index in [1.165, 1.54) is 18.7 Å². The molecule has 4 nitrogen and oxygen atoms in total. The number of nitrogens with zero attached hydrogens (tertiary/aromatic N) is 2. The van der Waals surface area contributed by atoms with Gasteiger partial charge in [0.05, 0.1) is 11.0 Å². The van der Waals surface area contributed by atoms with Crippen molar-refractivity contribution < 1.29 is 4.79 Å². The van der Waals surface area contributed by atoms with Crippen LogP contribution in [0.5, 0.6) is 0 Å². The fraction of sp³-hybridized carbons (Fsp3) is 0.222. The van der Waals surface area contributed by atoms with Gasteiger partial charge in [-0.05, 0) is 17.7 Å². The first kappa shape index (κ1) is 19.4. The first-order valence-electron chi connectivity index (χ1n) is 7.84. The van der Waals surface area contributed by atoms with Gasteiger partial charge in [0.1, 0.15) is 0 Å². The SMILES string of the molecule is CC(=O)N[C@H](n1c(SCc2ccccc2)nc2ccccc21)C(Cl)(Cl)Cl. The number of benzene rings is 2. The minimum atomic E-state index is -1.74. The van der Waals surface area contributed by atoms with Gasteiger partial charge < -0.3 is 5.32 Å². The summed E-state index contributed by atoms with van der Waals surface area (Å²) in [7, 11) is 0. The maximum atomic E-state index is 11.7. The maximum absolute atomic E-state index is 11.7. The molecular formula is C18H16Cl3N3OS. The Hall–Kier alpha value is -1.40. The van der Waals surface area contributed by atoms with Crippen molar-refractivity contribution in [1.29, 1.82) is 0 Å². The highest BCUT2D eigenvalue weighted by atomic mass is 35.6. The molecule has 136 valence electrons. The fourth-order valence-corrected chi connectivity index (χ4v) is 4.03. The Balaban J connectivity index is 2.04. The second-order valence-corrected chi connectivity index (χ2v) is 8.98. The van der Waals surface area contributed by atoms with E-state index in [1.807, 2.05) is 54.6 Å². The Morgan fingerprint density at radius 2 is 1.81 bits per heavy atom. The maximum Gasteiger partial charge on any atom is 0.229 e. The van der Waals surface area contributed by atoms with Gasteiger partial charge in [0.25, 0.3) is 0 Å². The number of nitrogens with one attached hydrogen (secondary N) is 1. The van der Waals surface area contributed by atoms with Gasteiger partial charge in [-0.15, -0.1) is 0 Å². The quantitative estimate of drug-likeness (QED) is 0.441. The topological polar surface area (TPSA) is 46.9 Å². The smallest absolute Gasteiger partial charge is 0.229 e. The molecule has 1 heterocycles. The van der Waals surface area contributed by atoms with Crippen molar-refractivity contribution >= 4 is 63.5 Å². The van der Waals surface area contributed by atoms with Crippen LogP contribution in [0.25, 0.3) is 11.0 Å². The van der Waals surface area contributed by atoms with Gasteiger partial charge >= 0.3 is 0 Å². The number of alkyl halides is 3. The fourth-order valence-electron chi connectivity index (χ4n) is 2.58. The van der Waals surface area contributed by atoms with Gasteiger partial charge in [-0.25, -0.2) is 4.98 Å². The zero-order valence-corrected chi connectivity index (χ0v) is 16.9. The van der Waals surface area contributed by atoms with Crippen molar-refractivity contribution in [2.75, 3.05) is 0 Å². The number of amides is 1. The number of hydrogen-bond donors (Lipinski definition) is 1. The summed E-state index contributed by atoms with van der Waals surface area (Å²) in [5.41, 5.74) is 2.71. The third kappa shape index (κ3) is 4.46. The Kier molecular flexibility index (Phi) is 6.03. The Morgan fingerprint density at radius 1 is 1.15 bits per heavy atom. The summed E-state index contributed by atoms with van der Waals surface area (Å²) in [5.74, 6) is 0.412. The molecule has 0 unspecified atom stereocenters. The van der Waals surface area contributed by atoms with E-state index in [0.29, 0.717) is 10.9 Å². The lowest BCUT2D eigenvalue weighted by atomic mass is 10.2. The lowest BCUT2D eigenvalue weighted by Crippen LogP contribution is -2.39. The van der Waals surface area contributed by atoms with Crippen molar-refractivity contribution in [3.05, 3.63) is 60.2 Å². The second kappa shape index (κ2) is 8.09. The number of aromatic nitrogens is 2. The first-order valence-corrected chi connectivity index (χ1v) is 9.95. The van der Waals surface area contributed by atoms with Gasteiger partial charge in [0.15, 0.2) is 11.3 Å². The third-order valence-corrected chi connectivity index (χ3v) is 5.33. The normalized spacial score (nSPS) is 12.9. The number of carbonyl (C=O) groups excluding carboxylic acids is 1. The van der Waals surface area contributed by atoms with Gasteiger partial charge in [0, 0.05) is 12.7 Å². The Labute approximate surface area is 170 Å². The van der Waals surface area contributed by atoms with Crippen LogP contribution in [-0.2, 0) is 10.5 Å². The van der Waals surface area contributed by atoms with Gasteiger partial charge in [-0.1, -0.05) is 89.0 Å². The minimum Gasteiger partial charge on any atom is -0.332 e. The highest BCUT2D eigenvalue weighted by Gasteiger charge is 2.37. The molecule has 1 aromatic heterocycles. The van der Waals surface area contributed by atoms with Crippen LogP contribution >= 0.6 is 46.6 Å². The average molecular weight is 429 g/mol. The zero-order chi connectivity index (χ0) is 18.7. The van der Waals surface area contributed by atoms with Gasteiger partial charge in [-0.2, -0.15) is 0 Å². The van der Waals surface area contributed by atoms with E-state index in [9.17, 15) is 4.79 Å². The van der Waals surface area contributed by atoms with Crippen molar-refractivity contribution in [3.63, 3.8) is 0 Å². The van der Waals surface area contributed by atoms with E-state index < -0.39 is 9.96 Å². The highest BCUT2D eigenvalue weighted by Crippen LogP contribution is 2.41. The molecule has 1 amide bonds. The van der Waals surface area contributed by atoms with Crippen LogP contribution in [0.15, 0.2) is 59.8 Å². The molecule has 1 atom stereocenters. The van der Waals surface area contributed by atoms with E-state index in [1.54, 1.807) is 4.57 Å². The number of thioether (sulfide) groups is 1. The molecule has 0 radical (unpaired) electrons. The molecule has 3 aromatic rings. The molecule has 0 spiro atoms. The standard InChI is InChI=1S/C18H16Cl3N3OS/c1-12(25)22-16(18(19,20)21)24-15-10-6-5-9-14(15)23-17(24)26-11-13-7-3-2-4-8-13/h2-10,16H,11H2,1H3,(H,22,25)/t16-/m1/s1. The average Bonchev–Trinajstić information content (AvgIpc) is 2.96. The highest BCUT2D eigenvalue weighted by molar-refractivity contribution is 7.98. The molecule has 0 aliphatic carbocycles. The summed E-state index contributed by atoms with van der Waals surface area (Å²) in [6, 6.07) is 17.6. The summed E-state index contributed by atoms with van der Waals surface area (Å²) in [6.07, 6.45) is -0.879. The van der Waals surface area contributed by atoms with Gasteiger partial charge in [0.2, 0.25) is 9.70 Å². The van der Waals surface area contributed by atoms with Crippen LogP contribution in [0.2, 0.25) is 0 Å². The predicted molar refractivity (Wildman–Crippen MR) is 109 cm³/mol. The number of hydrogen-bond acceptors (Lipinski definition) is 3. The summed E-state index contributed by atoms with van der Waals surface area (Å²) < 4.78 is 0.0362. The molecule has 8 heteroatoms. The van der Waals surface area contributed by atoms with Crippen LogP contribution in [0, 0.1) is 0 Å². The number of para-hydroxylation sites is 2. The molecule has 0 saturated heterocycles. The predicted octanol–water partition coefficient (Wildman–Crippen LogP) is 5.33.